The summed E-state index contributed by atoms with van der Waals surface area (Å²) in [5, 5.41) is 14.8. The molecule has 8 heteroatoms. The Bertz CT molecular complexity index is 1340. The van der Waals surface area contributed by atoms with Crippen molar-refractivity contribution < 1.29 is 19.1 Å². The van der Waals surface area contributed by atoms with Crippen LogP contribution in [0, 0.1) is 11.3 Å². The van der Waals surface area contributed by atoms with E-state index in [1.807, 2.05) is 30.3 Å². The Hall–Kier alpha value is -4.77. The van der Waals surface area contributed by atoms with E-state index in [1.165, 1.54) is 0 Å². The first-order valence-electron chi connectivity index (χ1n) is 11.4. The number of benzene rings is 3. The van der Waals surface area contributed by atoms with Gasteiger partial charge in [-0.25, -0.2) is 9.59 Å². The van der Waals surface area contributed by atoms with Crippen LogP contribution in [0.15, 0.2) is 84.1 Å². The summed E-state index contributed by atoms with van der Waals surface area (Å²) in [5.74, 6) is 0.174. The summed E-state index contributed by atoms with van der Waals surface area (Å²) in [6.45, 7) is 0.0323. The smallest absolute Gasteiger partial charge is 0.338 e. The van der Waals surface area contributed by atoms with Gasteiger partial charge in [0.05, 0.1) is 30.4 Å². The van der Waals surface area contributed by atoms with Crippen molar-refractivity contribution in [3.8, 4) is 11.8 Å². The number of urea groups is 1. The second-order valence-corrected chi connectivity index (χ2v) is 8.33. The van der Waals surface area contributed by atoms with Crippen LogP contribution in [0.2, 0.25) is 0 Å². The summed E-state index contributed by atoms with van der Waals surface area (Å²) >= 11 is 0. The summed E-state index contributed by atoms with van der Waals surface area (Å²) in [7, 11) is 1.60. The highest BCUT2D eigenvalue weighted by molar-refractivity contribution is 5.95. The number of amides is 2. The zero-order valence-electron chi connectivity index (χ0n) is 19.8. The number of nitrogen functional groups attached to an aromatic ring is 1. The van der Waals surface area contributed by atoms with Crippen LogP contribution in [0.1, 0.15) is 34.7 Å². The minimum absolute atomic E-state index is 0.0323. The maximum atomic E-state index is 13.4. The second-order valence-electron chi connectivity index (χ2n) is 8.33. The third-order valence-electron chi connectivity index (χ3n) is 5.87. The molecule has 0 fully saturated rings. The maximum Gasteiger partial charge on any atom is 0.338 e. The fourth-order valence-corrected chi connectivity index (χ4v) is 4.06. The highest BCUT2D eigenvalue weighted by Crippen LogP contribution is 2.30. The van der Waals surface area contributed by atoms with E-state index in [2.05, 4.69) is 16.7 Å². The molecule has 1 aliphatic heterocycles. The lowest BCUT2D eigenvalue weighted by molar-refractivity contribution is -0.140. The number of rotatable bonds is 8. The average molecular weight is 483 g/mol. The van der Waals surface area contributed by atoms with Crippen LogP contribution in [0.25, 0.3) is 0 Å². The van der Waals surface area contributed by atoms with Gasteiger partial charge in [-0.15, -0.1) is 0 Å². The summed E-state index contributed by atoms with van der Waals surface area (Å²) in [4.78, 5) is 26.0. The Morgan fingerprint density at radius 1 is 1.03 bits per heavy atom. The summed E-state index contributed by atoms with van der Waals surface area (Å²) in [6.07, 6.45) is 0.967. The van der Waals surface area contributed by atoms with Crippen LogP contribution in [0.3, 0.4) is 0 Å². The number of esters is 1. The zero-order chi connectivity index (χ0) is 25.5. The van der Waals surface area contributed by atoms with Gasteiger partial charge >= 0.3 is 12.0 Å². The fraction of sp³-hybridized carbons (Fsp3) is 0.179. The molecule has 3 aromatic rings. The van der Waals surface area contributed by atoms with Crippen molar-refractivity contribution in [3.63, 3.8) is 0 Å². The van der Waals surface area contributed by atoms with Gasteiger partial charge in [0.1, 0.15) is 12.4 Å². The zero-order valence-corrected chi connectivity index (χ0v) is 19.8. The van der Waals surface area contributed by atoms with Crippen LogP contribution in [-0.2, 0) is 22.6 Å². The lowest BCUT2D eigenvalue weighted by atomic mass is 9.92. The SMILES string of the molecule is COc1cccc(CCC2=C(C(=O)OCc3cccc(N)c3)C(c3ccc(C#N)cc3)NC(=O)N2)c1. The summed E-state index contributed by atoms with van der Waals surface area (Å²) < 4.78 is 11.0. The van der Waals surface area contributed by atoms with E-state index in [0.717, 1.165) is 16.9 Å². The third-order valence-corrected chi connectivity index (χ3v) is 5.87. The number of nitrogens with two attached hydrogens (primary N) is 1. The number of anilines is 1. The maximum absolute atomic E-state index is 13.4. The molecule has 8 nitrogen and oxygen atoms in total. The van der Waals surface area contributed by atoms with E-state index < -0.39 is 18.0 Å². The quantitative estimate of drug-likeness (QED) is 0.327. The van der Waals surface area contributed by atoms with Gasteiger partial charge in [-0.2, -0.15) is 5.26 Å². The molecule has 0 aromatic heterocycles. The number of nitrogens with zero attached hydrogens (tertiary/aromatic N) is 1. The molecule has 3 aromatic carbocycles. The molecule has 0 bridgehead atoms. The predicted molar refractivity (Wildman–Crippen MR) is 135 cm³/mol. The average Bonchev–Trinajstić information content (AvgIpc) is 2.90. The number of nitriles is 1. The number of nitrogens with one attached hydrogen (secondary N) is 2. The summed E-state index contributed by atoms with van der Waals surface area (Å²) in [5.41, 5.74) is 10.1. The highest BCUT2D eigenvalue weighted by Gasteiger charge is 2.33. The fourth-order valence-electron chi connectivity index (χ4n) is 4.06. The Balaban J connectivity index is 1.66. The van der Waals surface area contributed by atoms with Gasteiger partial charge < -0.3 is 25.8 Å². The van der Waals surface area contributed by atoms with Crippen molar-refractivity contribution in [2.75, 3.05) is 12.8 Å². The number of hydrogen-bond donors (Lipinski definition) is 3. The first-order valence-corrected chi connectivity index (χ1v) is 11.4. The van der Waals surface area contributed by atoms with Crippen molar-refractivity contribution in [2.24, 2.45) is 0 Å². The first kappa shape index (κ1) is 24.4. The minimum atomic E-state index is -0.736. The number of allylic oxidation sites excluding steroid dienone is 1. The second kappa shape index (κ2) is 11.1. The molecule has 0 radical (unpaired) electrons. The molecule has 0 aliphatic carbocycles. The Kier molecular flexibility index (Phi) is 7.51. The molecule has 1 unspecified atom stereocenters. The first-order chi connectivity index (χ1) is 17.5. The molecule has 1 heterocycles. The molecule has 4 N–H and O–H groups in total. The minimum Gasteiger partial charge on any atom is -0.497 e. The molecule has 0 spiro atoms. The van der Waals surface area contributed by atoms with E-state index in [9.17, 15) is 9.59 Å². The Labute approximate surface area is 209 Å². The largest absolute Gasteiger partial charge is 0.497 e. The van der Waals surface area contributed by atoms with E-state index in [1.54, 1.807) is 49.6 Å². The number of hydrogen-bond acceptors (Lipinski definition) is 6. The standard InChI is InChI=1S/C28H26N4O4/c1-35-23-7-3-4-18(15-23)10-13-24-25(27(33)36-17-20-5-2-6-22(30)14-20)26(32-28(34)31-24)21-11-8-19(16-29)9-12-21/h2-9,11-12,14-15,26H,10,13,17,30H2,1H3,(H2,31,32,34). The number of carbonyl (C=O) groups is 2. The van der Waals surface area contributed by atoms with Crippen molar-refractivity contribution in [1.29, 1.82) is 5.26 Å². The molecule has 4 rings (SSSR count). The van der Waals surface area contributed by atoms with E-state index in [4.69, 9.17) is 20.5 Å². The van der Waals surface area contributed by atoms with Crippen molar-refractivity contribution in [3.05, 3.63) is 106 Å². The van der Waals surface area contributed by atoms with E-state index >= 15 is 0 Å². The number of methoxy groups -OCH3 is 1. The van der Waals surface area contributed by atoms with Crippen LogP contribution in [0.4, 0.5) is 10.5 Å². The molecule has 2 amide bonds. The molecular formula is C28H26N4O4. The number of ether oxygens (including phenoxy) is 2. The van der Waals surface area contributed by atoms with Gasteiger partial charge in [-0.05, 0) is 65.9 Å². The van der Waals surface area contributed by atoms with Crippen LogP contribution in [0.5, 0.6) is 5.75 Å². The molecule has 1 aliphatic rings. The van der Waals surface area contributed by atoms with Gasteiger partial charge in [0.25, 0.3) is 0 Å². The third kappa shape index (κ3) is 5.83. The van der Waals surface area contributed by atoms with Gasteiger partial charge in [-0.3, -0.25) is 0 Å². The van der Waals surface area contributed by atoms with Crippen molar-refractivity contribution in [1.82, 2.24) is 10.6 Å². The lowest BCUT2D eigenvalue weighted by Gasteiger charge is -2.29. The Morgan fingerprint density at radius 3 is 2.50 bits per heavy atom. The van der Waals surface area contributed by atoms with Crippen LogP contribution >= 0.6 is 0 Å². The topological polar surface area (TPSA) is 126 Å². The van der Waals surface area contributed by atoms with Gasteiger partial charge in [0.2, 0.25) is 0 Å². The van der Waals surface area contributed by atoms with Crippen molar-refractivity contribution in [2.45, 2.75) is 25.5 Å². The highest BCUT2D eigenvalue weighted by atomic mass is 16.5. The van der Waals surface area contributed by atoms with Crippen LogP contribution < -0.4 is 21.1 Å². The van der Waals surface area contributed by atoms with Gasteiger partial charge in [-0.1, -0.05) is 36.4 Å². The van der Waals surface area contributed by atoms with Gasteiger partial charge in [0.15, 0.2) is 0 Å². The Morgan fingerprint density at radius 2 is 1.78 bits per heavy atom. The molecule has 36 heavy (non-hydrogen) atoms. The number of aryl methyl sites for hydroxylation is 1. The number of carbonyl (C=O) groups excluding carboxylic acids is 2. The van der Waals surface area contributed by atoms with Gasteiger partial charge in [0, 0.05) is 11.4 Å². The van der Waals surface area contributed by atoms with E-state index in [0.29, 0.717) is 40.9 Å². The van der Waals surface area contributed by atoms with Crippen molar-refractivity contribution >= 4 is 17.7 Å². The lowest BCUT2D eigenvalue weighted by Crippen LogP contribution is -2.46. The molecule has 182 valence electrons. The molecule has 1 atom stereocenters. The predicted octanol–water partition coefficient (Wildman–Crippen LogP) is 4.13. The molecule has 0 saturated heterocycles. The van der Waals surface area contributed by atoms with Crippen LogP contribution in [-0.4, -0.2) is 19.1 Å². The molecular weight excluding hydrogens is 456 g/mol. The normalized spacial score (nSPS) is 14.9. The van der Waals surface area contributed by atoms with E-state index in [-0.39, 0.29) is 6.61 Å². The summed E-state index contributed by atoms with van der Waals surface area (Å²) in [6, 6.07) is 22.4. The molecule has 0 saturated carbocycles. The monoisotopic (exact) mass is 482 g/mol.